The van der Waals surface area contributed by atoms with E-state index >= 15 is 0 Å². The van der Waals surface area contributed by atoms with E-state index in [1.165, 1.54) is 24.3 Å². The van der Waals surface area contributed by atoms with Gasteiger partial charge in [0, 0.05) is 5.69 Å². The van der Waals surface area contributed by atoms with Gasteiger partial charge in [0.15, 0.2) is 0 Å². The number of carbonyl (C=O) groups excluding carboxylic acids is 1. The van der Waals surface area contributed by atoms with Crippen LogP contribution in [0.15, 0.2) is 36.5 Å². The van der Waals surface area contributed by atoms with Gasteiger partial charge in [-0.25, -0.2) is 9.48 Å². The highest BCUT2D eigenvalue weighted by molar-refractivity contribution is 5.89. The molecule has 1 aromatic heterocycles. The fourth-order valence-electron chi connectivity index (χ4n) is 1.85. The summed E-state index contributed by atoms with van der Waals surface area (Å²) in [5, 5.41) is 17.5. The standard InChI is InChI=1S/C14H15F3N4O2/c1-9(8-22)19-13(23)20-10-2-4-11(5-3-10)21-12(6-7-18-21)14(15,16)17/h2-7,9,22H,8H2,1H3,(H2,19,20,23). The van der Waals surface area contributed by atoms with Gasteiger partial charge < -0.3 is 15.7 Å². The van der Waals surface area contributed by atoms with Crippen LogP contribution in [-0.4, -0.2) is 33.6 Å². The van der Waals surface area contributed by atoms with Gasteiger partial charge >= 0.3 is 12.2 Å². The molecule has 0 spiro atoms. The first kappa shape index (κ1) is 16.8. The summed E-state index contributed by atoms with van der Waals surface area (Å²) in [5.74, 6) is 0. The Bertz CT molecular complexity index is 667. The maximum atomic E-state index is 12.8. The Morgan fingerprint density at radius 3 is 2.52 bits per heavy atom. The van der Waals surface area contributed by atoms with E-state index in [1.54, 1.807) is 6.92 Å². The van der Waals surface area contributed by atoms with Crippen molar-refractivity contribution < 1.29 is 23.1 Å². The van der Waals surface area contributed by atoms with Crippen LogP contribution in [0.25, 0.3) is 5.69 Å². The summed E-state index contributed by atoms with van der Waals surface area (Å²) < 4.78 is 39.3. The zero-order chi connectivity index (χ0) is 17.0. The predicted molar refractivity (Wildman–Crippen MR) is 77.3 cm³/mol. The Hall–Kier alpha value is -2.55. The van der Waals surface area contributed by atoms with Gasteiger partial charge in [-0.2, -0.15) is 18.3 Å². The normalized spacial score (nSPS) is 12.7. The number of alkyl halides is 3. The van der Waals surface area contributed by atoms with Crippen molar-refractivity contribution in [3.05, 3.63) is 42.2 Å². The first-order valence-corrected chi connectivity index (χ1v) is 6.71. The molecule has 1 aromatic carbocycles. The number of amides is 2. The van der Waals surface area contributed by atoms with E-state index in [4.69, 9.17) is 5.11 Å². The molecule has 2 aromatic rings. The quantitative estimate of drug-likeness (QED) is 0.806. The lowest BCUT2D eigenvalue weighted by atomic mass is 10.2. The summed E-state index contributed by atoms with van der Waals surface area (Å²) in [6.07, 6.45) is -3.44. The van der Waals surface area contributed by atoms with Gasteiger partial charge in [-0.15, -0.1) is 0 Å². The maximum absolute atomic E-state index is 12.8. The SMILES string of the molecule is CC(CO)NC(=O)Nc1ccc(-n2nccc2C(F)(F)F)cc1. The van der Waals surface area contributed by atoms with Crippen molar-refractivity contribution in [1.29, 1.82) is 0 Å². The van der Waals surface area contributed by atoms with Crippen LogP contribution in [0.5, 0.6) is 0 Å². The largest absolute Gasteiger partial charge is 0.433 e. The topological polar surface area (TPSA) is 79.2 Å². The molecule has 0 aliphatic heterocycles. The summed E-state index contributed by atoms with van der Waals surface area (Å²) in [6, 6.07) is 5.69. The van der Waals surface area contributed by atoms with E-state index in [-0.39, 0.29) is 12.3 Å². The van der Waals surface area contributed by atoms with Crippen LogP contribution < -0.4 is 10.6 Å². The van der Waals surface area contributed by atoms with Crippen LogP contribution in [0.4, 0.5) is 23.7 Å². The number of halogens is 3. The highest BCUT2D eigenvalue weighted by Crippen LogP contribution is 2.30. The monoisotopic (exact) mass is 328 g/mol. The van der Waals surface area contributed by atoms with Crippen LogP contribution >= 0.6 is 0 Å². The van der Waals surface area contributed by atoms with Crippen molar-refractivity contribution in [2.24, 2.45) is 0 Å². The van der Waals surface area contributed by atoms with Gasteiger partial charge in [0.1, 0.15) is 5.69 Å². The van der Waals surface area contributed by atoms with Crippen LogP contribution in [-0.2, 0) is 6.18 Å². The first-order chi connectivity index (χ1) is 10.8. The Kier molecular flexibility index (Phi) is 4.89. The summed E-state index contributed by atoms with van der Waals surface area (Å²) >= 11 is 0. The number of benzene rings is 1. The molecule has 0 saturated carbocycles. The number of rotatable bonds is 4. The fourth-order valence-corrected chi connectivity index (χ4v) is 1.85. The van der Waals surface area contributed by atoms with Crippen molar-refractivity contribution in [1.82, 2.24) is 15.1 Å². The number of hydrogen-bond donors (Lipinski definition) is 3. The fraction of sp³-hybridized carbons (Fsp3) is 0.286. The number of aromatic nitrogens is 2. The Labute approximate surface area is 129 Å². The van der Waals surface area contributed by atoms with E-state index in [2.05, 4.69) is 15.7 Å². The van der Waals surface area contributed by atoms with Gasteiger partial charge in [-0.05, 0) is 37.3 Å². The van der Waals surface area contributed by atoms with E-state index in [0.717, 1.165) is 16.9 Å². The second kappa shape index (κ2) is 6.69. The lowest BCUT2D eigenvalue weighted by molar-refractivity contribution is -0.142. The maximum Gasteiger partial charge on any atom is 0.433 e. The molecule has 2 amide bonds. The third-order valence-electron chi connectivity index (χ3n) is 2.95. The molecular formula is C14H15F3N4O2. The Balaban J connectivity index is 2.12. The van der Waals surface area contributed by atoms with E-state index in [9.17, 15) is 18.0 Å². The van der Waals surface area contributed by atoms with Crippen molar-refractivity contribution >= 4 is 11.7 Å². The molecule has 6 nitrogen and oxygen atoms in total. The van der Waals surface area contributed by atoms with Gasteiger partial charge in [-0.1, -0.05) is 0 Å². The highest BCUT2D eigenvalue weighted by Gasteiger charge is 2.35. The molecule has 1 heterocycles. The number of nitrogens with one attached hydrogen (secondary N) is 2. The minimum Gasteiger partial charge on any atom is -0.394 e. The van der Waals surface area contributed by atoms with Gasteiger partial charge in [0.05, 0.1) is 24.5 Å². The molecule has 23 heavy (non-hydrogen) atoms. The molecule has 0 aliphatic carbocycles. The zero-order valence-corrected chi connectivity index (χ0v) is 12.1. The molecule has 1 unspecified atom stereocenters. The number of anilines is 1. The molecule has 0 bridgehead atoms. The molecule has 124 valence electrons. The van der Waals surface area contributed by atoms with Gasteiger partial charge in [-0.3, -0.25) is 0 Å². The van der Waals surface area contributed by atoms with E-state index in [0.29, 0.717) is 5.69 Å². The zero-order valence-electron chi connectivity index (χ0n) is 12.1. The average molecular weight is 328 g/mol. The number of aliphatic hydroxyl groups is 1. The molecule has 3 N–H and O–H groups in total. The number of carbonyl (C=O) groups is 1. The number of hydrogen-bond acceptors (Lipinski definition) is 3. The molecule has 0 aliphatic rings. The summed E-state index contributed by atoms with van der Waals surface area (Å²) in [4.78, 5) is 11.6. The molecule has 0 saturated heterocycles. The van der Waals surface area contributed by atoms with Crippen LogP contribution in [0.2, 0.25) is 0 Å². The molecule has 1 atom stereocenters. The third kappa shape index (κ3) is 4.22. The number of urea groups is 1. The van der Waals surface area contributed by atoms with Crippen molar-refractivity contribution in [2.75, 3.05) is 11.9 Å². The molecule has 0 fully saturated rings. The lowest BCUT2D eigenvalue weighted by Crippen LogP contribution is -2.38. The minimum absolute atomic E-state index is 0.203. The Morgan fingerprint density at radius 2 is 1.96 bits per heavy atom. The summed E-state index contributed by atoms with van der Waals surface area (Å²) in [5.41, 5.74) is -0.262. The van der Waals surface area contributed by atoms with Crippen LogP contribution in [0.1, 0.15) is 12.6 Å². The van der Waals surface area contributed by atoms with Gasteiger partial charge in [0.25, 0.3) is 0 Å². The predicted octanol–water partition coefficient (Wildman–Crippen LogP) is 2.39. The first-order valence-electron chi connectivity index (χ1n) is 6.71. The Morgan fingerprint density at radius 1 is 1.30 bits per heavy atom. The minimum atomic E-state index is -4.51. The number of nitrogens with zero attached hydrogens (tertiary/aromatic N) is 2. The number of aliphatic hydroxyl groups excluding tert-OH is 1. The summed E-state index contributed by atoms with van der Waals surface area (Å²) in [6.45, 7) is 1.42. The van der Waals surface area contributed by atoms with Gasteiger partial charge in [0.2, 0.25) is 0 Å². The lowest BCUT2D eigenvalue weighted by Gasteiger charge is -2.13. The van der Waals surface area contributed by atoms with Crippen LogP contribution in [0.3, 0.4) is 0 Å². The smallest absolute Gasteiger partial charge is 0.394 e. The average Bonchev–Trinajstić information content (AvgIpc) is 2.97. The van der Waals surface area contributed by atoms with E-state index in [1.807, 2.05) is 0 Å². The molecule has 0 radical (unpaired) electrons. The van der Waals surface area contributed by atoms with Crippen molar-refractivity contribution in [3.8, 4) is 5.69 Å². The second-order valence-electron chi connectivity index (χ2n) is 4.85. The van der Waals surface area contributed by atoms with Crippen molar-refractivity contribution in [3.63, 3.8) is 0 Å². The van der Waals surface area contributed by atoms with E-state index < -0.39 is 23.9 Å². The molecular weight excluding hydrogens is 313 g/mol. The highest BCUT2D eigenvalue weighted by atomic mass is 19.4. The third-order valence-corrected chi connectivity index (χ3v) is 2.95. The second-order valence-corrected chi connectivity index (χ2v) is 4.85. The molecule has 2 rings (SSSR count). The van der Waals surface area contributed by atoms with Crippen LogP contribution in [0, 0.1) is 0 Å². The van der Waals surface area contributed by atoms with Crippen molar-refractivity contribution in [2.45, 2.75) is 19.1 Å². The summed E-state index contributed by atoms with van der Waals surface area (Å²) in [7, 11) is 0. The molecule has 9 heteroatoms.